The SMILES string of the molecule is CC1CNCC1(C)CN1CCOC1=O. The smallest absolute Gasteiger partial charge is 0.409 e. The lowest BCUT2D eigenvalue weighted by molar-refractivity contribution is 0.136. The van der Waals surface area contributed by atoms with E-state index in [4.69, 9.17) is 4.74 Å². The lowest BCUT2D eigenvalue weighted by Crippen LogP contribution is -2.40. The number of cyclic esters (lactones) is 1. The van der Waals surface area contributed by atoms with Crippen LogP contribution in [0.1, 0.15) is 13.8 Å². The Morgan fingerprint density at radius 2 is 2.50 bits per heavy atom. The topological polar surface area (TPSA) is 41.6 Å². The molecule has 0 saturated carbocycles. The first kappa shape index (κ1) is 9.77. The number of ether oxygens (including phenoxy) is 1. The zero-order chi connectivity index (χ0) is 10.2. The number of carbonyl (C=O) groups is 1. The molecular formula is C10H18N2O2. The highest BCUT2D eigenvalue weighted by Crippen LogP contribution is 2.32. The molecule has 14 heavy (non-hydrogen) atoms. The van der Waals surface area contributed by atoms with E-state index >= 15 is 0 Å². The van der Waals surface area contributed by atoms with Gasteiger partial charge in [0.15, 0.2) is 0 Å². The van der Waals surface area contributed by atoms with E-state index in [0.717, 1.165) is 26.2 Å². The first-order valence-corrected chi connectivity index (χ1v) is 5.24. The molecule has 1 N–H and O–H groups in total. The summed E-state index contributed by atoms with van der Waals surface area (Å²) < 4.78 is 4.92. The van der Waals surface area contributed by atoms with E-state index in [-0.39, 0.29) is 11.5 Å². The molecule has 0 spiro atoms. The molecule has 4 heteroatoms. The molecule has 0 aromatic rings. The summed E-state index contributed by atoms with van der Waals surface area (Å²) >= 11 is 0. The third-order valence-electron chi connectivity index (χ3n) is 3.57. The highest BCUT2D eigenvalue weighted by Gasteiger charge is 2.39. The fourth-order valence-corrected chi connectivity index (χ4v) is 2.21. The van der Waals surface area contributed by atoms with Crippen molar-refractivity contribution < 1.29 is 9.53 Å². The minimum absolute atomic E-state index is 0.148. The summed E-state index contributed by atoms with van der Waals surface area (Å²) in [4.78, 5) is 13.1. The second kappa shape index (κ2) is 3.42. The van der Waals surface area contributed by atoms with Crippen LogP contribution in [0.15, 0.2) is 0 Å². The largest absolute Gasteiger partial charge is 0.448 e. The predicted octanol–water partition coefficient (Wildman–Crippen LogP) is 0.684. The zero-order valence-electron chi connectivity index (χ0n) is 8.88. The molecular weight excluding hydrogens is 180 g/mol. The Kier molecular flexibility index (Phi) is 2.39. The first-order chi connectivity index (χ1) is 6.62. The maximum atomic E-state index is 11.3. The highest BCUT2D eigenvalue weighted by atomic mass is 16.6. The van der Waals surface area contributed by atoms with Crippen molar-refractivity contribution in [3.8, 4) is 0 Å². The molecule has 80 valence electrons. The van der Waals surface area contributed by atoms with Crippen molar-refractivity contribution in [2.75, 3.05) is 32.8 Å². The van der Waals surface area contributed by atoms with Gasteiger partial charge in [0, 0.05) is 18.5 Å². The maximum absolute atomic E-state index is 11.3. The summed E-state index contributed by atoms with van der Waals surface area (Å²) in [6.45, 7) is 8.65. The van der Waals surface area contributed by atoms with E-state index in [1.807, 2.05) is 4.90 Å². The Labute approximate surface area is 84.6 Å². The van der Waals surface area contributed by atoms with E-state index in [2.05, 4.69) is 19.2 Å². The van der Waals surface area contributed by atoms with Gasteiger partial charge in [-0.25, -0.2) is 4.79 Å². The normalized spacial score (nSPS) is 37.7. The summed E-state index contributed by atoms with van der Waals surface area (Å²) in [5, 5.41) is 3.37. The molecule has 2 saturated heterocycles. The predicted molar refractivity (Wildman–Crippen MR) is 53.1 cm³/mol. The van der Waals surface area contributed by atoms with Crippen LogP contribution in [0, 0.1) is 11.3 Å². The van der Waals surface area contributed by atoms with E-state index in [1.165, 1.54) is 0 Å². The molecule has 4 nitrogen and oxygen atoms in total. The lowest BCUT2D eigenvalue weighted by atomic mass is 9.81. The molecule has 2 rings (SSSR count). The number of hydrogen-bond donors (Lipinski definition) is 1. The van der Waals surface area contributed by atoms with Crippen molar-refractivity contribution in [1.82, 2.24) is 10.2 Å². The van der Waals surface area contributed by atoms with Gasteiger partial charge < -0.3 is 15.0 Å². The van der Waals surface area contributed by atoms with Crippen molar-refractivity contribution >= 4 is 6.09 Å². The second-order valence-electron chi connectivity index (χ2n) is 4.72. The van der Waals surface area contributed by atoms with E-state index < -0.39 is 0 Å². The average molecular weight is 198 g/mol. The van der Waals surface area contributed by atoms with Crippen LogP contribution < -0.4 is 5.32 Å². The highest BCUT2D eigenvalue weighted by molar-refractivity contribution is 5.69. The Balaban J connectivity index is 1.98. The monoisotopic (exact) mass is 198 g/mol. The molecule has 0 aliphatic carbocycles. The molecule has 2 aliphatic heterocycles. The molecule has 2 heterocycles. The van der Waals surface area contributed by atoms with Gasteiger partial charge in [-0.15, -0.1) is 0 Å². The van der Waals surface area contributed by atoms with Crippen molar-refractivity contribution in [3.63, 3.8) is 0 Å². The van der Waals surface area contributed by atoms with E-state index in [1.54, 1.807) is 0 Å². The standard InChI is InChI=1S/C10H18N2O2/c1-8-5-11-6-10(8,2)7-12-3-4-14-9(12)13/h8,11H,3-7H2,1-2H3. The Morgan fingerprint density at radius 3 is 3.00 bits per heavy atom. The molecule has 2 aliphatic rings. The van der Waals surface area contributed by atoms with Crippen molar-refractivity contribution in [3.05, 3.63) is 0 Å². The van der Waals surface area contributed by atoms with Gasteiger partial charge in [-0.3, -0.25) is 0 Å². The molecule has 0 radical (unpaired) electrons. The summed E-state index contributed by atoms with van der Waals surface area (Å²) in [7, 11) is 0. The summed E-state index contributed by atoms with van der Waals surface area (Å²) in [6, 6.07) is 0. The molecule has 2 unspecified atom stereocenters. The summed E-state index contributed by atoms with van der Waals surface area (Å²) in [5.41, 5.74) is 0.212. The van der Waals surface area contributed by atoms with Gasteiger partial charge in [-0.05, 0) is 12.5 Å². The van der Waals surface area contributed by atoms with Crippen molar-refractivity contribution in [1.29, 1.82) is 0 Å². The molecule has 0 bridgehead atoms. The Morgan fingerprint density at radius 1 is 1.71 bits per heavy atom. The number of carbonyl (C=O) groups excluding carboxylic acids is 1. The van der Waals surface area contributed by atoms with Gasteiger partial charge >= 0.3 is 6.09 Å². The summed E-state index contributed by atoms with van der Waals surface area (Å²) in [6.07, 6.45) is -0.148. The number of amides is 1. The van der Waals surface area contributed by atoms with Gasteiger partial charge in [0.25, 0.3) is 0 Å². The van der Waals surface area contributed by atoms with E-state index in [0.29, 0.717) is 12.5 Å². The minimum Gasteiger partial charge on any atom is -0.448 e. The van der Waals surface area contributed by atoms with Gasteiger partial charge in [0.05, 0.1) is 6.54 Å². The molecule has 2 fully saturated rings. The first-order valence-electron chi connectivity index (χ1n) is 5.24. The lowest BCUT2D eigenvalue weighted by Gasteiger charge is -2.31. The number of hydrogen-bond acceptors (Lipinski definition) is 3. The van der Waals surface area contributed by atoms with Gasteiger partial charge in [-0.2, -0.15) is 0 Å². The van der Waals surface area contributed by atoms with Crippen molar-refractivity contribution in [2.24, 2.45) is 11.3 Å². The molecule has 0 aromatic heterocycles. The van der Waals surface area contributed by atoms with Crippen LogP contribution in [0.3, 0.4) is 0 Å². The fourth-order valence-electron chi connectivity index (χ4n) is 2.21. The van der Waals surface area contributed by atoms with Crippen LogP contribution in [-0.2, 0) is 4.74 Å². The minimum atomic E-state index is -0.148. The third-order valence-corrected chi connectivity index (χ3v) is 3.57. The average Bonchev–Trinajstić information content (AvgIpc) is 2.64. The van der Waals surface area contributed by atoms with Crippen molar-refractivity contribution in [2.45, 2.75) is 13.8 Å². The van der Waals surface area contributed by atoms with Gasteiger partial charge in [0.1, 0.15) is 6.61 Å². The van der Waals surface area contributed by atoms with Crippen LogP contribution in [0.5, 0.6) is 0 Å². The third kappa shape index (κ3) is 1.59. The van der Waals surface area contributed by atoms with Crippen LogP contribution in [-0.4, -0.2) is 43.8 Å². The Hall–Kier alpha value is -0.770. The number of nitrogens with zero attached hydrogens (tertiary/aromatic N) is 1. The van der Waals surface area contributed by atoms with Crippen LogP contribution in [0.4, 0.5) is 4.79 Å². The van der Waals surface area contributed by atoms with Gasteiger partial charge in [0.2, 0.25) is 0 Å². The Bertz CT molecular complexity index is 244. The summed E-state index contributed by atoms with van der Waals surface area (Å²) in [5.74, 6) is 0.621. The van der Waals surface area contributed by atoms with E-state index in [9.17, 15) is 4.79 Å². The second-order valence-corrected chi connectivity index (χ2v) is 4.72. The van der Waals surface area contributed by atoms with Crippen LogP contribution in [0.2, 0.25) is 0 Å². The van der Waals surface area contributed by atoms with Crippen LogP contribution >= 0.6 is 0 Å². The molecule has 0 aromatic carbocycles. The van der Waals surface area contributed by atoms with Crippen LogP contribution in [0.25, 0.3) is 0 Å². The van der Waals surface area contributed by atoms with Gasteiger partial charge in [-0.1, -0.05) is 13.8 Å². The molecule has 2 atom stereocenters. The quantitative estimate of drug-likeness (QED) is 0.709. The maximum Gasteiger partial charge on any atom is 0.409 e. The number of nitrogens with one attached hydrogen (secondary N) is 1. The number of rotatable bonds is 2. The molecule has 1 amide bonds. The zero-order valence-corrected chi connectivity index (χ0v) is 8.88. The fraction of sp³-hybridized carbons (Fsp3) is 0.900.